The fraction of sp³-hybridized carbons (Fsp3) is 0.625. The number of halogens is 3. The summed E-state index contributed by atoms with van der Waals surface area (Å²) in [5, 5.41) is 9.41. The molecule has 3 aliphatic rings. The topological polar surface area (TPSA) is 107 Å². The summed E-state index contributed by atoms with van der Waals surface area (Å²) in [4.78, 5) is 42.9. The van der Waals surface area contributed by atoms with Crippen molar-refractivity contribution in [2.75, 3.05) is 31.1 Å². The van der Waals surface area contributed by atoms with Crippen LogP contribution in [0.5, 0.6) is 0 Å². The van der Waals surface area contributed by atoms with Gasteiger partial charge in [0.25, 0.3) is 5.91 Å². The second-order valence-electron chi connectivity index (χ2n) is 9.89. The Morgan fingerprint density at radius 3 is 2.50 bits per heavy atom. The zero-order valence-electron chi connectivity index (χ0n) is 20.3. The Balaban J connectivity index is 1.80. The minimum Gasteiger partial charge on any atom is -0.465 e. The molecule has 0 radical (unpaired) electrons. The molecule has 4 rings (SSSR count). The van der Waals surface area contributed by atoms with Crippen LogP contribution in [0.4, 0.5) is 23.7 Å². The number of amides is 3. The average Bonchev–Trinajstić information content (AvgIpc) is 2.78. The number of carboxylic acid groups (broad SMARTS) is 1. The number of piperidine rings is 1. The molecule has 12 heteroatoms. The molecule has 1 aromatic rings. The molecular weight excluding hydrogens is 497 g/mol. The summed E-state index contributed by atoms with van der Waals surface area (Å²) in [6, 6.07) is 1.14. The Hall–Kier alpha value is -2.47. The van der Waals surface area contributed by atoms with Crippen LogP contribution < -0.4 is 10.6 Å². The molecule has 2 fully saturated rings. The lowest BCUT2D eigenvalue weighted by atomic mass is 9.82. The van der Waals surface area contributed by atoms with Gasteiger partial charge in [-0.15, -0.1) is 11.8 Å². The third-order valence-electron chi connectivity index (χ3n) is 7.23. The second kappa shape index (κ2) is 9.77. The lowest BCUT2D eigenvalue weighted by Crippen LogP contribution is -2.55. The van der Waals surface area contributed by atoms with Crippen LogP contribution >= 0.6 is 11.8 Å². The molecule has 1 saturated heterocycles. The molecule has 1 aliphatic carbocycles. The molecule has 198 valence electrons. The zero-order chi connectivity index (χ0) is 26.4. The molecule has 2 heterocycles. The fourth-order valence-corrected chi connectivity index (χ4v) is 6.93. The van der Waals surface area contributed by atoms with Crippen molar-refractivity contribution in [1.29, 1.82) is 0 Å². The number of carbonyl (C=O) groups is 3. The van der Waals surface area contributed by atoms with E-state index in [1.165, 1.54) is 20.8 Å². The Kier molecular flexibility index (Phi) is 7.22. The van der Waals surface area contributed by atoms with Crippen molar-refractivity contribution < 1.29 is 32.7 Å². The number of hydrogen-bond donors (Lipinski definition) is 2. The summed E-state index contributed by atoms with van der Waals surface area (Å²) >= 11 is 1.15. The van der Waals surface area contributed by atoms with Crippen LogP contribution in [0.2, 0.25) is 0 Å². The van der Waals surface area contributed by atoms with Gasteiger partial charge in [0, 0.05) is 37.1 Å². The Bertz CT molecular complexity index is 1060. The number of likely N-dealkylation sites (tertiary alicyclic amines) is 1. The van der Waals surface area contributed by atoms with Gasteiger partial charge in [0.05, 0.1) is 27.6 Å². The molecule has 36 heavy (non-hydrogen) atoms. The number of carbonyl (C=O) groups excluding carboxylic acids is 2. The predicted octanol–water partition coefficient (Wildman–Crippen LogP) is 4.02. The number of fused-ring (bicyclic) bond motifs is 1. The number of benzene rings is 1. The second-order valence-corrected chi connectivity index (χ2v) is 11.3. The van der Waals surface area contributed by atoms with Crippen molar-refractivity contribution in [2.24, 2.45) is 5.73 Å². The molecule has 3 N–H and O–H groups in total. The maximum Gasteiger partial charge on any atom is 0.417 e. The molecular formula is C24H31F3N4O4S. The van der Waals surface area contributed by atoms with E-state index in [2.05, 4.69) is 0 Å². The van der Waals surface area contributed by atoms with E-state index in [0.717, 1.165) is 24.2 Å². The largest absolute Gasteiger partial charge is 0.465 e. The molecule has 1 saturated carbocycles. The van der Waals surface area contributed by atoms with Gasteiger partial charge in [-0.3, -0.25) is 9.59 Å². The summed E-state index contributed by atoms with van der Waals surface area (Å²) in [5.74, 6) is -1.01. The van der Waals surface area contributed by atoms with Crippen molar-refractivity contribution in [3.63, 3.8) is 0 Å². The van der Waals surface area contributed by atoms with E-state index in [4.69, 9.17) is 5.73 Å². The summed E-state index contributed by atoms with van der Waals surface area (Å²) in [7, 11) is 0. The van der Waals surface area contributed by atoms with E-state index in [0.29, 0.717) is 37.1 Å². The average molecular weight is 529 g/mol. The number of thioether (sulfide) groups is 1. The molecule has 0 bridgehead atoms. The van der Waals surface area contributed by atoms with Crippen LogP contribution in [-0.4, -0.2) is 75.8 Å². The first-order valence-electron chi connectivity index (χ1n) is 12.2. The van der Waals surface area contributed by atoms with Crippen LogP contribution in [-0.2, 0) is 11.0 Å². The van der Waals surface area contributed by atoms with Crippen molar-refractivity contribution >= 4 is 35.4 Å². The van der Waals surface area contributed by atoms with Gasteiger partial charge in [0.2, 0.25) is 5.91 Å². The van der Waals surface area contributed by atoms with Crippen LogP contribution in [0.1, 0.15) is 61.9 Å². The molecule has 1 spiro atoms. The van der Waals surface area contributed by atoms with Gasteiger partial charge in [-0.1, -0.05) is 0 Å². The molecule has 1 aromatic carbocycles. The van der Waals surface area contributed by atoms with E-state index in [-0.39, 0.29) is 31.2 Å². The zero-order valence-corrected chi connectivity index (χ0v) is 21.1. The van der Waals surface area contributed by atoms with Gasteiger partial charge < -0.3 is 25.5 Å². The third-order valence-corrected chi connectivity index (χ3v) is 8.75. The molecule has 8 nitrogen and oxygen atoms in total. The highest BCUT2D eigenvalue weighted by Gasteiger charge is 2.52. The Morgan fingerprint density at radius 1 is 1.28 bits per heavy atom. The summed E-state index contributed by atoms with van der Waals surface area (Å²) in [6.45, 7) is 4.00. The summed E-state index contributed by atoms with van der Waals surface area (Å²) < 4.78 is 42.1. The van der Waals surface area contributed by atoms with Gasteiger partial charge >= 0.3 is 12.3 Å². The van der Waals surface area contributed by atoms with Crippen LogP contribution in [0.3, 0.4) is 0 Å². The Labute approximate surface area is 212 Å². The molecule has 1 atom stereocenters. The fourth-order valence-electron chi connectivity index (χ4n) is 5.36. The number of rotatable bonds is 5. The van der Waals surface area contributed by atoms with Gasteiger partial charge in [0.1, 0.15) is 0 Å². The molecule has 2 aliphatic heterocycles. The first kappa shape index (κ1) is 26.6. The smallest absolute Gasteiger partial charge is 0.417 e. The van der Waals surface area contributed by atoms with Crippen molar-refractivity contribution in [3.05, 3.63) is 23.3 Å². The highest BCUT2D eigenvalue weighted by atomic mass is 32.2. The minimum absolute atomic E-state index is 0.0295. The van der Waals surface area contributed by atoms with E-state index < -0.39 is 46.1 Å². The first-order chi connectivity index (χ1) is 16.9. The van der Waals surface area contributed by atoms with Crippen LogP contribution in [0.25, 0.3) is 0 Å². The third kappa shape index (κ3) is 4.65. The maximum absolute atomic E-state index is 14.3. The summed E-state index contributed by atoms with van der Waals surface area (Å²) in [5.41, 5.74) is 4.42. The van der Waals surface area contributed by atoms with Crippen LogP contribution in [0.15, 0.2) is 17.0 Å². The Morgan fingerprint density at radius 2 is 1.97 bits per heavy atom. The molecule has 0 aromatic heterocycles. The first-order valence-corrected chi connectivity index (χ1v) is 13.0. The van der Waals surface area contributed by atoms with Gasteiger partial charge in [-0.25, -0.2) is 4.79 Å². The van der Waals surface area contributed by atoms with Gasteiger partial charge in [-0.2, -0.15) is 13.2 Å². The minimum atomic E-state index is -4.80. The van der Waals surface area contributed by atoms with E-state index in [9.17, 15) is 32.7 Å². The number of nitrogens with two attached hydrogens (primary N) is 1. The number of anilines is 1. The number of alkyl halides is 3. The van der Waals surface area contributed by atoms with Crippen molar-refractivity contribution in [2.45, 2.75) is 73.9 Å². The van der Waals surface area contributed by atoms with Crippen molar-refractivity contribution in [1.82, 2.24) is 9.80 Å². The lowest BCUT2D eigenvalue weighted by molar-refractivity contribution is -0.138. The SMILES string of the molecule is CC(C)N(C(=O)c1cc2c(cc1C(F)(F)F)SC1(CCC1)C(=O)N2CCN)[C@@H]1CCCN(C(=O)O)C1. The summed E-state index contributed by atoms with van der Waals surface area (Å²) in [6.07, 6.45) is -2.94. The number of hydrogen-bond acceptors (Lipinski definition) is 5. The maximum atomic E-state index is 14.3. The van der Waals surface area contributed by atoms with Gasteiger partial charge in [-0.05, 0) is 58.1 Å². The van der Waals surface area contributed by atoms with E-state index >= 15 is 0 Å². The quantitative estimate of drug-likeness (QED) is 0.598. The van der Waals surface area contributed by atoms with E-state index in [1.807, 2.05) is 0 Å². The van der Waals surface area contributed by atoms with Crippen LogP contribution in [0, 0.1) is 0 Å². The van der Waals surface area contributed by atoms with Gasteiger partial charge in [0.15, 0.2) is 0 Å². The standard InChI is InChI=1S/C24H31F3N4O4S/c1-14(2)31(15-5-3-9-29(13-15)22(34)35)20(32)16-11-18-19(12-17(16)24(25,26)27)36-23(6-4-7-23)21(33)30(18)10-8-28/h11-12,14-15H,3-10,13,28H2,1-2H3,(H,34,35)/t15-/m1/s1. The highest BCUT2D eigenvalue weighted by molar-refractivity contribution is 8.01. The highest BCUT2D eigenvalue weighted by Crippen LogP contribution is 2.56. The van der Waals surface area contributed by atoms with Crippen molar-refractivity contribution in [3.8, 4) is 0 Å². The monoisotopic (exact) mass is 528 g/mol. The molecule has 3 amide bonds. The molecule has 0 unspecified atom stereocenters. The number of nitrogens with zero attached hydrogens (tertiary/aromatic N) is 3. The van der Waals surface area contributed by atoms with E-state index in [1.54, 1.807) is 13.8 Å². The normalized spacial score (nSPS) is 21.4. The predicted molar refractivity (Wildman–Crippen MR) is 129 cm³/mol. The lowest BCUT2D eigenvalue weighted by Gasteiger charge is -2.47.